The first-order valence-corrected chi connectivity index (χ1v) is 9.19. The van der Waals surface area contributed by atoms with Crippen molar-refractivity contribution in [3.05, 3.63) is 72.1 Å². The van der Waals surface area contributed by atoms with E-state index in [0.29, 0.717) is 0 Å². The lowest BCUT2D eigenvalue weighted by Gasteiger charge is -2.37. The highest BCUT2D eigenvalue weighted by molar-refractivity contribution is 5.59. The number of nitrogens with zero attached hydrogens (tertiary/aromatic N) is 1. The average molecular weight is 321 g/mol. The monoisotopic (exact) mass is 320 g/mol. The van der Waals surface area contributed by atoms with Crippen LogP contribution in [0.2, 0.25) is 0 Å². The Labute approximate surface area is 147 Å². The molecule has 1 saturated heterocycles. The standard InChI is InChI=1S/C23H30N/c1-18-10-11-21(23(2,3)4)22(16-18)24-14-12-20(13-15-24)17-19-8-6-5-7-9-19/h5-11,16,20H,1,12-15,17H2,2-4H3. The van der Waals surface area contributed by atoms with Gasteiger partial charge in [-0.1, -0.05) is 63.2 Å². The van der Waals surface area contributed by atoms with Crippen molar-refractivity contribution in [1.29, 1.82) is 0 Å². The van der Waals surface area contributed by atoms with Crippen LogP contribution in [-0.2, 0) is 11.8 Å². The molecule has 0 unspecified atom stereocenters. The maximum Gasteiger partial charge on any atom is 0.0406 e. The molecule has 2 aromatic carbocycles. The summed E-state index contributed by atoms with van der Waals surface area (Å²) in [4.78, 5) is 2.58. The van der Waals surface area contributed by atoms with Gasteiger partial charge in [-0.05, 0) is 60.3 Å². The van der Waals surface area contributed by atoms with Gasteiger partial charge < -0.3 is 4.90 Å². The number of benzene rings is 2. The van der Waals surface area contributed by atoms with Crippen LogP contribution in [0, 0.1) is 12.8 Å². The van der Waals surface area contributed by atoms with Crippen LogP contribution in [0.5, 0.6) is 0 Å². The van der Waals surface area contributed by atoms with Gasteiger partial charge in [-0.3, -0.25) is 0 Å². The van der Waals surface area contributed by atoms with Crippen molar-refractivity contribution in [2.45, 2.75) is 45.4 Å². The molecule has 1 aliphatic rings. The van der Waals surface area contributed by atoms with E-state index in [1.807, 2.05) is 0 Å². The average Bonchev–Trinajstić information content (AvgIpc) is 2.55. The van der Waals surface area contributed by atoms with Crippen LogP contribution in [0.3, 0.4) is 0 Å². The van der Waals surface area contributed by atoms with Gasteiger partial charge in [0, 0.05) is 18.8 Å². The summed E-state index contributed by atoms with van der Waals surface area (Å²) in [6.07, 6.45) is 3.77. The highest BCUT2D eigenvalue weighted by atomic mass is 15.1. The summed E-state index contributed by atoms with van der Waals surface area (Å²) < 4.78 is 0. The van der Waals surface area contributed by atoms with Crippen LogP contribution >= 0.6 is 0 Å². The van der Waals surface area contributed by atoms with Crippen LogP contribution in [0.1, 0.15) is 50.3 Å². The summed E-state index contributed by atoms with van der Waals surface area (Å²) in [6.45, 7) is 13.4. The van der Waals surface area contributed by atoms with E-state index in [1.54, 1.807) is 0 Å². The van der Waals surface area contributed by atoms with Crippen LogP contribution in [0.25, 0.3) is 0 Å². The third kappa shape index (κ3) is 4.01. The molecule has 0 spiro atoms. The van der Waals surface area contributed by atoms with Gasteiger partial charge in [0.2, 0.25) is 0 Å². The first-order valence-electron chi connectivity index (χ1n) is 9.19. The number of hydrogen-bond donors (Lipinski definition) is 0. The molecule has 1 aliphatic heterocycles. The zero-order chi connectivity index (χ0) is 17.2. The second-order valence-electron chi connectivity index (χ2n) is 8.22. The molecule has 1 heteroatoms. The largest absolute Gasteiger partial charge is 0.371 e. The Morgan fingerprint density at radius 2 is 1.67 bits per heavy atom. The summed E-state index contributed by atoms with van der Waals surface area (Å²) in [6, 6.07) is 17.6. The molecule has 127 valence electrons. The Bertz CT molecular complexity index is 658. The van der Waals surface area contributed by atoms with Crippen LogP contribution in [0.4, 0.5) is 5.69 Å². The molecule has 1 fully saturated rings. The fourth-order valence-electron chi connectivity index (χ4n) is 3.80. The van der Waals surface area contributed by atoms with Crippen LogP contribution < -0.4 is 4.90 Å². The molecule has 0 aliphatic carbocycles. The lowest BCUT2D eigenvalue weighted by Crippen LogP contribution is -2.36. The van der Waals surface area contributed by atoms with Gasteiger partial charge >= 0.3 is 0 Å². The van der Waals surface area contributed by atoms with Crippen molar-refractivity contribution < 1.29 is 0 Å². The highest BCUT2D eigenvalue weighted by Gasteiger charge is 2.25. The summed E-state index contributed by atoms with van der Waals surface area (Å²) in [5.41, 5.74) is 5.60. The molecule has 1 nitrogen and oxygen atoms in total. The minimum Gasteiger partial charge on any atom is -0.371 e. The Balaban J connectivity index is 1.70. The molecule has 0 atom stereocenters. The maximum atomic E-state index is 4.14. The molecular weight excluding hydrogens is 290 g/mol. The number of anilines is 1. The number of rotatable bonds is 3. The van der Waals surface area contributed by atoms with Gasteiger partial charge in [-0.2, -0.15) is 0 Å². The summed E-state index contributed by atoms with van der Waals surface area (Å²) in [5, 5.41) is 0. The van der Waals surface area contributed by atoms with Crippen LogP contribution in [-0.4, -0.2) is 13.1 Å². The molecule has 0 amide bonds. The normalized spacial score (nSPS) is 16.4. The van der Waals surface area contributed by atoms with Gasteiger partial charge in [-0.25, -0.2) is 0 Å². The first kappa shape index (κ1) is 17.1. The van der Waals surface area contributed by atoms with Gasteiger partial charge in [0.05, 0.1) is 0 Å². The van der Waals surface area contributed by atoms with E-state index in [-0.39, 0.29) is 5.41 Å². The van der Waals surface area contributed by atoms with Crippen molar-refractivity contribution in [2.75, 3.05) is 18.0 Å². The Morgan fingerprint density at radius 1 is 1.00 bits per heavy atom. The van der Waals surface area contributed by atoms with E-state index in [9.17, 15) is 0 Å². The summed E-state index contributed by atoms with van der Waals surface area (Å²) in [5.74, 6) is 0.810. The molecule has 0 aromatic heterocycles. The molecule has 1 radical (unpaired) electrons. The topological polar surface area (TPSA) is 3.24 Å². The van der Waals surface area contributed by atoms with Crippen LogP contribution in [0.15, 0.2) is 48.5 Å². The van der Waals surface area contributed by atoms with Gasteiger partial charge in [0.1, 0.15) is 0 Å². The predicted molar refractivity (Wildman–Crippen MR) is 105 cm³/mol. The minimum absolute atomic E-state index is 0.171. The van der Waals surface area contributed by atoms with Gasteiger partial charge in [0.25, 0.3) is 0 Å². The van der Waals surface area contributed by atoms with Crippen molar-refractivity contribution in [1.82, 2.24) is 0 Å². The number of hydrogen-bond acceptors (Lipinski definition) is 1. The van der Waals surface area contributed by atoms with Gasteiger partial charge in [0.15, 0.2) is 0 Å². The van der Waals surface area contributed by atoms with Crippen molar-refractivity contribution in [3.63, 3.8) is 0 Å². The van der Waals surface area contributed by atoms with E-state index in [0.717, 1.165) is 24.6 Å². The van der Waals surface area contributed by atoms with Gasteiger partial charge in [-0.15, -0.1) is 0 Å². The zero-order valence-electron chi connectivity index (χ0n) is 15.4. The SMILES string of the molecule is [CH2]c1ccc(C(C)(C)C)c(N2CCC(Cc3ccccc3)CC2)c1. The molecule has 3 rings (SSSR count). The third-order valence-corrected chi connectivity index (χ3v) is 5.19. The molecular formula is C23H30N. The van der Waals surface area contributed by atoms with Crippen molar-refractivity contribution in [3.8, 4) is 0 Å². The molecule has 2 aromatic rings. The third-order valence-electron chi connectivity index (χ3n) is 5.19. The second kappa shape index (κ2) is 7.01. The molecule has 24 heavy (non-hydrogen) atoms. The Hall–Kier alpha value is -1.76. The highest BCUT2D eigenvalue weighted by Crippen LogP contribution is 2.35. The lowest BCUT2D eigenvalue weighted by atomic mass is 9.83. The Kier molecular flexibility index (Phi) is 4.99. The Morgan fingerprint density at radius 3 is 2.29 bits per heavy atom. The van der Waals surface area contributed by atoms with E-state index >= 15 is 0 Å². The number of piperidine rings is 1. The molecule has 1 heterocycles. The molecule has 0 N–H and O–H groups in total. The second-order valence-corrected chi connectivity index (χ2v) is 8.22. The predicted octanol–water partition coefficient (Wildman–Crippen LogP) is 5.63. The van der Waals surface area contributed by atoms with E-state index in [1.165, 1.54) is 36.1 Å². The van der Waals surface area contributed by atoms with E-state index < -0.39 is 0 Å². The fraction of sp³-hybridized carbons (Fsp3) is 0.435. The summed E-state index contributed by atoms with van der Waals surface area (Å²) in [7, 11) is 0. The van der Waals surface area contributed by atoms with E-state index in [2.05, 4.69) is 81.1 Å². The smallest absolute Gasteiger partial charge is 0.0406 e. The molecule has 0 bridgehead atoms. The van der Waals surface area contributed by atoms with Crippen molar-refractivity contribution >= 4 is 5.69 Å². The van der Waals surface area contributed by atoms with Crippen molar-refractivity contribution in [2.24, 2.45) is 5.92 Å². The minimum atomic E-state index is 0.171. The lowest BCUT2D eigenvalue weighted by molar-refractivity contribution is 0.402. The maximum absolute atomic E-state index is 4.14. The fourth-order valence-corrected chi connectivity index (χ4v) is 3.80. The molecule has 0 saturated carbocycles. The van der Waals surface area contributed by atoms with E-state index in [4.69, 9.17) is 0 Å². The summed E-state index contributed by atoms with van der Waals surface area (Å²) >= 11 is 0. The zero-order valence-corrected chi connectivity index (χ0v) is 15.4. The first-order chi connectivity index (χ1) is 11.4. The quantitative estimate of drug-likeness (QED) is 0.709.